The molecule has 1 unspecified atom stereocenters. The highest BCUT2D eigenvalue weighted by molar-refractivity contribution is 5.76. The highest BCUT2D eigenvalue weighted by atomic mass is 16.5. The second-order valence-electron chi connectivity index (χ2n) is 3.97. The van der Waals surface area contributed by atoms with E-state index in [0.29, 0.717) is 23.7 Å². The Morgan fingerprint density at radius 3 is 3.00 bits per heavy atom. The van der Waals surface area contributed by atoms with Crippen molar-refractivity contribution in [2.45, 2.75) is 18.9 Å². The van der Waals surface area contributed by atoms with Gasteiger partial charge >= 0.3 is 0 Å². The molecular weight excluding hydrogens is 220 g/mol. The van der Waals surface area contributed by atoms with Crippen molar-refractivity contribution in [3.05, 3.63) is 23.8 Å². The summed E-state index contributed by atoms with van der Waals surface area (Å²) in [6.45, 7) is 1.34. The van der Waals surface area contributed by atoms with Gasteiger partial charge in [-0.05, 0) is 31.0 Å². The lowest BCUT2D eigenvalue weighted by atomic mass is 10.2. The van der Waals surface area contributed by atoms with E-state index in [2.05, 4.69) is 0 Å². The number of aldehydes is 1. The van der Waals surface area contributed by atoms with Gasteiger partial charge in [-0.25, -0.2) is 0 Å². The predicted octanol–water partition coefficient (Wildman–Crippen LogP) is 2.07. The molecule has 1 saturated heterocycles. The van der Waals surface area contributed by atoms with Crippen molar-refractivity contribution < 1.29 is 19.0 Å². The van der Waals surface area contributed by atoms with Crippen LogP contribution in [0.3, 0.4) is 0 Å². The molecule has 1 atom stereocenters. The van der Waals surface area contributed by atoms with Crippen molar-refractivity contribution in [3.63, 3.8) is 0 Å². The zero-order valence-electron chi connectivity index (χ0n) is 9.85. The van der Waals surface area contributed by atoms with E-state index in [1.807, 2.05) is 0 Å². The molecule has 0 spiro atoms. The van der Waals surface area contributed by atoms with Gasteiger partial charge in [0.25, 0.3) is 0 Å². The second kappa shape index (κ2) is 5.68. The van der Waals surface area contributed by atoms with E-state index >= 15 is 0 Å². The minimum absolute atomic E-state index is 0.172. The third-order valence-corrected chi connectivity index (χ3v) is 2.77. The molecule has 92 valence electrons. The average Bonchev–Trinajstić information content (AvgIpc) is 2.89. The Bertz CT molecular complexity index is 383. The van der Waals surface area contributed by atoms with Crippen LogP contribution in [0.5, 0.6) is 11.5 Å². The van der Waals surface area contributed by atoms with Crippen LogP contribution in [-0.4, -0.2) is 32.7 Å². The summed E-state index contributed by atoms with van der Waals surface area (Å²) in [5, 5.41) is 0. The molecule has 1 fully saturated rings. The molecule has 1 aromatic carbocycles. The number of carbonyl (C=O) groups excluding carboxylic acids is 1. The molecule has 1 aliphatic rings. The number of rotatable bonds is 5. The van der Waals surface area contributed by atoms with Gasteiger partial charge in [0.2, 0.25) is 0 Å². The van der Waals surface area contributed by atoms with Gasteiger partial charge in [-0.3, -0.25) is 4.79 Å². The summed E-state index contributed by atoms with van der Waals surface area (Å²) < 4.78 is 16.3. The molecule has 0 aromatic heterocycles. The monoisotopic (exact) mass is 236 g/mol. The maximum Gasteiger partial charge on any atom is 0.161 e. The van der Waals surface area contributed by atoms with Crippen molar-refractivity contribution in [2.75, 3.05) is 20.3 Å². The summed E-state index contributed by atoms with van der Waals surface area (Å²) in [4.78, 5) is 10.6. The molecule has 0 amide bonds. The summed E-state index contributed by atoms with van der Waals surface area (Å²) in [6.07, 6.45) is 3.08. The Hall–Kier alpha value is -1.55. The Morgan fingerprint density at radius 2 is 2.35 bits per heavy atom. The van der Waals surface area contributed by atoms with Crippen LogP contribution in [0.25, 0.3) is 0 Å². The van der Waals surface area contributed by atoms with Gasteiger partial charge in [0.05, 0.1) is 13.2 Å². The van der Waals surface area contributed by atoms with Crippen LogP contribution in [0.4, 0.5) is 0 Å². The third-order valence-electron chi connectivity index (χ3n) is 2.77. The van der Waals surface area contributed by atoms with Gasteiger partial charge in [0, 0.05) is 12.2 Å². The van der Waals surface area contributed by atoms with E-state index in [1.165, 1.54) is 0 Å². The second-order valence-corrected chi connectivity index (χ2v) is 3.97. The van der Waals surface area contributed by atoms with E-state index in [4.69, 9.17) is 14.2 Å². The standard InChI is InChI=1S/C13H16O4/c1-15-13-7-10(8-14)4-5-12(13)17-9-11-3-2-6-16-11/h4-5,7-8,11H,2-3,6,9H2,1H3. The summed E-state index contributed by atoms with van der Waals surface area (Å²) in [6, 6.07) is 5.12. The Kier molecular flexibility index (Phi) is 3.98. The number of hydrogen-bond donors (Lipinski definition) is 0. The molecule has 1 aliphatic heterocycles. The first kappa shape index (κ1) is 11.9. The van der Waals surface area contributed by atoms with Crippen molar-refractivity contribution in [2.24, 2.45) is 0 Å². The third kappa shape index (κ3) is 2.97. The van der Waals surface area contributed by atoms with Crippen LogP contribution in [0.2, 0.25) is 0 Å². The smallest absolute Gasteiger partial charge is 0.161 e. The zero-order chi connectivity index (χ0) is 12.1. The van der Waals surface area contributed by atoms with E-state index in [-0.39, 0.29) is 6.10 Å². The van der Waals surface area contributed by atoms with Crippen molar-refractivity contribution in [1.29, 1.82) is 0 Å². The molecule has 0 radical (unpaired) electrons. The van der Waals surface area contributed by atoms with Crippen LogP contribution in [0, 0.1) is 0 Å². The summed E-state index contributed by atoms with van der Waals surface area (Å²) in [5.74, 6) is 1.22. The van der Waals surface area contributed by atoms with Gasteiger partial charge in [0.15, 0.2) is 11.5 Å². The highest BCUT2D eigenvalue weighted by Crippen LogP contribution is 2.28. The molecular formula is C13H16O4. The average molecular weight is 236 g/mol. The van der Waals surface area contributed by atoms with E-state index in [1.54, 1.807) is 25.3 Å². The molecule has 4 heteroatoms. The number of hydrogen-bond acceptors (Lipinski definition) is 4. The number of benzene rings is 1. The minimum atomic E-state index is 0.172. The summed E-state index contributed by atoms with van der Waals surface area (Å²) in [7, 11) is 1.56. The Balaban J connectivity index is 2.01. The molecule has 0 aliphatic carbocycles. The molecule has 1 aromatic rings. The lowest BCUT2D eigenvalue weighted by Gasteiger charge is -2.14. The predicted molar refractivity (Wildman–Crippen MR) is 62.9 cm³/mol. The van der Waals surface area contributed by atoms with Crippen LogP contribution in [0.1, 0.15) is 23.2 Å². The maximum atomic E-state index is 10.6. The van der Waals surface area contributed by atoms with Crippen LogP contribution >= 0.6 is 0 Å². The van der Waals surface area contributed by atoms with Gasteiger partial charge in [-0.2, -0.15) is 0 Å². The number of ether oxygens (including phenoxy) is 3. The topological polar surface area (TPSA) is 44.8 Å². The van der Waals surface area contributed by atoms with Gasteiger partial charge < -0.3 is 14.2 Å². The van der Waals surface area contributed by atoms with Gasteiger partial charge in [0.1, 0.15) is 12.9 Å². The first-order valence-electron chi connectivity index (χ1n) is 5.71. The molecule has 0 saturated carbocycles. The molecule has 2 rings (SSSR count). The largest absolute Gasteiger partial charge is 0.493 e. The first-order chi connectivity index (χ1) is 8.33. The molecule has 1 heterocycles. The van der Waals surface area contributed by atoms with Crippen molar-refractivity contribution >= 4 is 6.29 Å². The molecule has 0 N–H and O–H groups in total. The van der Waals surface area contributed by atoms with Crippen molar-refractivity contribution in [1.82, 2.24) is 0 Å². The quantitative estimate of drug-likeness (QED) is 0.734. The molecule has 17 heavy (non-hydrogen) atoms. The van der Waals surface area contributed by atoms with Crippen LogP contribution < -0.4 is 9.47 Å². The number of methoxy groups -OCH3 is 1. The minimum Gasteiger partial charge on any atom is -0.493 e. The Morgan fingerprint density at radius 1 is 1.47 bits per heavy atom. The summed E-state index contributed by atoms with van der Waals surface area (Å²) in [5.41, 5.74) is 0.575. The first-order valence-corrected chi connectivity index (χ1v) is 5.71. The Labute approximate surface area is 100 Å². The maximum absolute atomic E-state index is 10.6. The SMILES string of the molecule is COc1cc(C=O)ccc1OCC1CCCO1. The van der Waals surface area contributed by atoms with E-state index in [0.717, 1.165) is 25.7 Å². The fourth-order valence-corrected chi connectivity index (χ4v) is 1.84. The lowest BCUT2D eigenvalue weighted by molar-refractivity contribution is 0.0669. The van der Waals surface area contributed by atoms with E-state index < -0.39 is 0 Å². The normalized spacial score (nSPS) is 19.0. The van der Waals surface area contributed by atoms with Gasteiger partial charge in [-0.15, -0.1) is 0 Å². The molecule has 0 bridgehead atoms. The highest BCUT2D eigenvalue weighted by Gasteiger charge is 2.17. The zero-order valence-corrected chi connectivity index (χ0v) is 9.85. The number of carbonyl (C=O) groups is 1. The lowest BCUT2D eigenvalue weighted by Crippen LogP contribution is -2.16. The van der Waals surface area contributed by atoms with Crippen molar-refractivity contribution in [3.8, 4) is 11.5 Å². The van der Waals surface area contributed by atoms with Crippen LogP contribution in [-0.2, 0) is 4.74 Å². The van der Waals surface area contributed by atoms with Gasteiger partial charge in [-0.1, -0.05) is 0 Å². The van der Waals surface area contributed by atoms with Crippen LogP contribution in [0.15, 0.2) is 18.2 Å². The fraction of sp³-hybridized carbons (Fsp3) is 0.462. The molecule has 4 nitrogen and oxygen atoms in total. The fourth-order valence-electron chi connectivity index (χ4n) is 1.84. The summed E-state index contributed by atoms with van der Waals surface area (Å²) >= 11 is 0. The van der Waals surface area contributed by atoms with E-state index in [9.17, 15) is 4.79 Å².